The van der Waals surface area contributed by atoms with Crippen LogP contribution in [0.15, 0.2) is 0 Å². The van der Waals surface area contributed by atoms with Crippen LogP contribution in [-0.4, -0.2) is 84.7 Å². The first-order valence-electron chi connectivity index (χ1n) is 9.26. The van der Waals surface area contributed by atoms with Gasteiger partial charge in [0, 0.05) is 51.1 Å². The molecular weight excluding hydrogens is 308 g/mol. The molecule has 0 aromatic rings. The van der Waals surface area contributed by atoms with E-state index in [1.165, 1.54) is 6.42 Å². The van der Waals surface area contributed by atoms with Gasteiger partial charge in [-0.3, -0.25) is 14.5 Å². The highest BCUT2D eigenvalue weighted by Gasteiger charge is 2.37. The van der Waals surface area contributed by atoms with Crippen LogP contribution in [0.1, 0.15) is 26.2 Å². The molecule has 3 fully saturated rings. The minimum Gasteiger partial charge on any atom is -0.391 e. The molecule has 3 heterocycles. The largest absolute Gasteiger partial charge is 0.391 e. The molecule has 4 atom stereocenters. The fourth-order valence-electron chi connectivity index (χ4n) is 4.20. The van der Waals surface area contributed by atoms with Crippen LogP contribution in [0.5, 0.6) is 0 Å². The van der Waals surface area contributed by atoms with Gasteiger partial charge in [0.15, 0.2) is 0 Å². The minimum absolute atomic E-state index is 0.0521. The number of nitrogens with one attached hydrogen (secondary N) is 2. The number of nitrogens with zero attached hydrogens (tertiary/aromatic N) is 2. The van der Waals surface area contributed by atoms with E-state index in [2.05, 4.69) is 22.5 Å². The number of hydrogen-bond donors (Lipinski definition) is 3. The van der Waals surface area contributed by atoms with Crippen LogP contribution < -0.4 is 10.6 Å². The maximum absolute atomic E-state index is 12.4. The molecule has 0 spiro atoms. The minimum atomic E-state index is -0.394. The predicted octanol–water partition coefficient (Wildman–Crippen LogP) is -0.984. The summed E-state index contributed by atoms with van der Waals surface area (Å²) in [5.41, 5.74) is 0. The second-order valence-electron chi connectivity index (χ2n) is 7.36. The number of β-amino-alcohol motifs (C(OH)–C–C–N with tert-alkyl or cyclic N) is 1. The smallest absolute Gasteiger partial charge is 0.225 e. The van der Waals surface area contributed by atoms with Crippen molar-refractivity contribution < 1.29 is 14.7 Å². The molecule has 0 aromatic carbocycles. The number of carbonyl (C=O) groups is 2. The maximum atomic E-state index is 12.4. The number of aliphatic hydroxyl groups excluding tert-OH is 1. The van der Waals surface area contributed by atoms with Crippen molar-refractivity contribution >= 4 is 11.8 Å². The predicted molar refractivity (Wildman–Crippen MR) is 90.3 cm³/mol. The maximum Gasteiger partial charge on any atom is 0.225 e. The second kappa shape index (κ2) is 7.80. The van der Waals surface area contributed by atoms with Gasteiger partial charge in [0.05, 0.1) is 12.0 Å². The van der Waals surface area contributed by atoms with Crippen molar-refractivity contribution in [2.75, 3.05) is 45.8 Å². The van der Waals surface area contributed by atoms with Crippen LogP contribution in [0.25, 0.3) is 0 Å². The second-order valence-corrected chi connectivity index (χ2v) is 7.36. The Hall–Kier alpha value is -1.18. The Kier molecular flexibility index (Phi) is 5.73. The molecule has 24 heavy (non-hydrogen) atoms. The first-order valence-corrected chi connectivity index (χ1v) is 9.26. The molecule has 0 aromatic heterocycles. The zero-order valence-electron chi connectivity index (χ0n) is 14.5. The summed E-state index contributed by atoms with van der Waals surface area (Å²) >= 11 is 0. The lowest BCUT2D eigenvalue weighted by molar-refractivity contribution is -0.129. The molecule has 0 saturated carbocycles. The molecule has 0 aliphatic carbocycles. The molecule has 7 heteroatoms. The monoisotopic (exact) mass is 338 g/mol. The van der Waals surface area contributed by atoms with Crippen molar-refractivity contribution in [2.24, 2.45) is 11.8 Å². The summed E-state index contributed by atoms with van der Waals surface area (Å²) in [7, 11) is 0. The molecule has 7 nitrogen and oxygen atoms in total. The summed E-state index contributed by atoms with van der Waals surface area (Å²) in [5, 5.41) is 15.8. The third kappa shape index (κ3) is 3.90. The highest BCUT2D eigenvalue weighted by atomic mass is 16.3. The number of likely N-dealkylation sites (N-methyl/N-ethyl adjacent to an activating group) is 1. The zero-order valence-corrected chi connectivity index (χ0v) is 14.5. The fraction of sp³-hybridized carbons (Fsp3) is 0.882. The standard InChI is InChI=1S/C17H30N4O3/c1-2-20-5-3-4-14(20)11-21-10-12(6-16(21)23)17(24)19-8-13-7-18-9-15(13)22/h12-15,18,22H,2-11H2,1H3,(H,19,24). The lowest BCUT2D eigenvalue weighted by atomic mass is 10.0. The van der Waals surface area contributed by atoms with Gasteiger partial charge in [0.1, 0.15) is 0 Å². The average Bonchev–Trinajstić information content (AvgIpc) is 3.27. The molecule has 3 saturated heterocycles. The molecular formula is C17H30N4O3. The SMILES string of the molecule is CCN1CCCC1CN1CC(C(=O)NCC2CNCC2O)CC1=O. The summed E-state index contributed by atoms with van der Waals surface area (Å²) < 4.78 is 0. The van der Waals surface area contributed by atoms with Gasteiger partial charge in [0.25, 0.3) is 0 Å². The molecule has 3 rings (SSSR count). The highest BCUT2D eigenvalue weighted by molar-refractivity contribution is 5.89. The van der Waals surface area contributed by atoms with Gasteiger partial charge in [-0.05, 0) is 25.9 Å². The molecule has 3 N–H and O–H groups in total. The Morgan fingerprint density at radius 1 is 1.42 bits per heavy atom. The van der Waals surface area contributed by atoms with Gasteiger partial charge >= 0.3 is 0 Å². The van der Waals surface area contributed by atoms with Crippen LogP contribution in [0.4, 0.5) is 0 Å². The number of hydrogen-bond acceptors (Lipinski definition) is 5. The molecule has 2 amide bonds. The van der Waals surface area contributed by atoms with E-state index in [0.29, 0.717) is 32.1 Å². The van der Waals surface area contributed by atoms with E-state index >= 15 is 0 Å². The molecule has 4 unspecified atom stereocenters. The van der Waals surface area contributed by atoms with Gasteiger partial charge in [0.2, 0.25) is 11.8 Å². The topological polar surface area (TPSA) is 84.9 Å². The van der Waals surface area contributed by atoms with E-state index in [-0.39, 0.29) is 23.7 Å². The fourth-order valence-corrected chi connectivity index (χ4v) is 4.20. The van der Waals surface area contributed by atoms with Crippen molar-refractivity contribution in [3.8, 4) is 0 Å². The number of aliphatic hydroxyl groups is 1. The van der Waals surface area contributed by atoms with E-state index in [4.69, 9.17) is 0 Å². The first-order chi connectivity index (χ1) is 11.6. The summed E-state index contributed by atoms with van der Waals surface area (Å²) in [6, 6.07) is 0.445. The van der Waals surface area contributed by atoms with Crippen LogP contribution in [-0.2, 0) is 9.59 Å². The summed E-state index contributed by atoms with van der Waals surface area (Å²) in [6.07, 6.45) is 2.26. The quantitative estimate of drug-likeness (QED) is 0.579. The zero-order chi connectivity index (χ0) is 17.1. The van der Waals surface area contributed by atoms with Crippen LogP contribution in [0, 0.1) is 11.8 Å². The molecule has 0 bridgehead atoms. The van der Waals surface area contributed by atoms with E-state index in [1.54, 1.807) is 0 Å². The van der Waals surface area contributed by atoms with Crippen LogP contribution in [0.2, 0.25) is 0 Å². The number of amides is 2. The molecule has 3 aliphatic heterocycles. The molecule has 0 radical (unpaired) electrons. The van der Waals surface area contributed by atoms with E-state index < -0.39 is 6.10 Å². The lowest BCUT2D eigenvalue weighted by Crippen LogP contribution is -2.42. The van der Waals surface area contributed by atoms with E-state index in [0.717, 1.165) is 32.6 Å². The average molecular weight is 338 g/mol. The summed E-state index contributed by atoms with van der Waals surface area (Å²) in [5.74, 6) is -0.136. The van der Waals surface area contributed by atoms with Gasteiger partial charge < -0.3 is 20.6 Å². The van der Waals surface area contributed by atoms with Gasteiger partial charge in [-0.2, -0.15) is 0 Å². The van der Waals surface area contributed by atoms with Gasteiger partial charge in [-0.25, -0.2) is 0 Å². The van der Waals surface area contributed by atoms with E-state index in [9.17, 15) is 14.7 Å². The normalized spacial score (nSPS) is 34.2. The van der Waals surface area contributed by atoms with Crippen molar-refractivity contribution in [1.29, 1.82) is 0 Å². The van der Waals surface area contributed by atoms with Crippen molar-refractivity contribution in [3.63, 3.8) is 0 Å². The third-order valence-corrected chi connectivity index (χ3v) is 5.76. The van der Waals surface area contributed by atoms with Crippen molar-refractivity contribution in [3.05, 3.63) is 0 Å². The lowest BCUT2D eigenvalue weighted by Gasteiger charge is -2.27. The Labute approximate surface area is 143 Å². The Morgan fingerprint density at radius 3 is 2.96 bits per heavy atom. The van der Waals surface area contributed by atoms with Crippen LogP contribution in [0.3, 0.4) is 0 Å². The van der Waals surface area contributed by atoms with Crippen LogP contribution >= 0.6 is 0 Å². The number of likely N-dealkylation sites (tertiary alicyclic amines) is 2. The van der Waals surface area contributed by atoms with Gasteiger partial charge in [-0.15, -0.1) is 0 Å². The third-order valence-electron chi connectivity index (χ3n) is 5.76. The van der Waals surface area contributed by atoms with E-state index in [1.807, 2.05) is 4.90 Å². The van der Waals surface area contributed by atoms with Gasteiger partial charge in [-0.1, -0.05) is 6.92 Å². The molecule has 136 valence electrons. The highest BCUT2D eigenvalue weighted by Crippen LogP contribution is 2.23. The van der Waals surface area contributed by atoms with Crippen molar-refractivity contribution in [2.45, 2.75) is 38.3 Å². The summed E-state index contributed by atoms with van der Waals surface area (Å²) in [4.78, 5) is 28.9. The molecule has 3 aliphatic rings. The first kappa shape index (κ1) is 17.6. The Morgan fingerprint density at radius 2 is 2.25 bits per heavy atom. The Bertz CT molecular complexity index is 473. The summed E-state index contributed by atoms with van der Waals surface area (Å²) in [6.45, 7) is 7.37. The Balaban J connectivity index is 1.46. The number of rotatable bonds is 6. The number of carbonyl (C=O) groups excluding carboxylic acids is 2. The van der Waals surface area contributed by atoms with Crippen molar-refractivity contribution in [1.82, 2.24) is 20.4 Å².